The Morgan fingerprint density at radius 3 is 2.88 bits per heavy atom. The van der Waals surface area contributed by atoms with Gasteiger partial charge in [-0.05, 0) is 24.3 Å². The van der Waals surface area contributed by atoms with Crippen LogP contribution < -0.4 is 5.32 Å². The molecule has 2 heterocycles. The first-order chi connectivity index (χ1) is 8.15. The number of nitrogens with zero attached hydrogens (tertiary/aromatic N) is 2. The van der Waals surface area contributed by atoms with E-state index in [9.17, 15) is 9.18 Å². The van der Waals surface area contributed by atoms with Crippen LogP contribution in [0.4, 0.5) is 10.2 Å². The van der Waals surface area contributed by atoms with Gasteiger partial charge in [0.05, 0.1) is 0 Å². The summed E-state index contributed by atoms with van der Waals surface area (Å²) in [5, 5.41) is 2.91. The monoisotopic (exact) mass is 251 g/mol. The van der Waals surface area contributed by atoms with Crippen LogP contribution in [-0.4, -0.2) is 15.9 Å². The minimum absolute atomic E-state index is 0.0215. The second kappa shape index (κ2) is 4.88. The van der Waals surface area contributed by atoms with Crippen molar-refractivity contribution in [2.45, 2.75) is 0 Å². The Hall–Kier alpha value is -2.01. The van der Waals surface area contributed by atoms with Gasteiger partial charge >= 0.3 is 0 Å². The normalized spacial score (nSPS) is 10.0. The van der Waals surface area contributed by atoms with Crippen LogP contribution >= 0.6 is 11.6 Å². The minimum atomic E-state index is -0.711. The summed E-state index contributed by atoms with van der Waals surface area (Å²) < 4.78 is 12.8. The van der Waals surface area contributed by atoms with Crippen molar-refractivity contribution in [2.75, 3.05) is 5.32 Å². The van der Waals surface area contributed by atoms with E-state index in [0.29, 0.717) is 5.02 Å². The van der Waals surface area contributed by atoms with Crippen molar-refractivity contribution in [1.29, 1.82) is 0 Å². The van der Waals surface area contributed by atoms with Crippen molar-refractivity contribution >= 4 is 23.3 Å². The molecule has 0 radical (unpaired) electrons. The van der Waals surface area contributed by atoms with Gasteiger partial charge in [0.1, 0.15) is 11.5 Å². The number of hydrogen-bond acceptors (Lipinski definition) is 3. The smallest absolute Gasteiger partial charge is 0.275 e. The van der Waals surface area contributed by atoms with Crippen molar-refractivity contribution < 1.29 is 9.18 Å². The van der Waals surface area contributed by atoms with Gasteiger partial charge in [0.15, 0.2) is 0 Å². The van der Waals surface area contributed by atoms with Gasteiger partial charge in [-0.2, -0.15) is 4.39 Å². The zero-order valence-electron chi connectivity index (χ0n) is 8.52. The highest BCUT2D eigenvalue weighted by atomic mass is 35.5. The molecule has 0 aliphatic heterocycles. The Kier molecular flexibility index (Phi) is 3.30. The van der Waals surface area contributed by atoms with Gasteiger partial charge in [0.2, 0.25) is 5.95 Å². The van der Waals surface area contributed by atoms with Gasteiger partial charge in [0, 0.05) is 11.2 Å². The standard InChI is InChI=1S/C11H7ClFN3O/c12-7-4-5-14-10(6-7)16-11(17)8-2-1-3-9(13)15-8/h1-6H,(H,14,16,17). The van der Waals surface area contributed by atoms with Crippen LogP contribution in [0.5, 0.6) is 0 Å². The molecule has 0 saturated heterocycles. The molecule has 1 amide bonds. The number of rotatable bonds is 2. The van der Waals surface area contributed by atoms with E-state index < -0.39 is 11.9 Å². The van der Waals surface area contributed by atoms with Gasteiger partial charge in [-0.3, -0.25) is 4.79 Å². The molecule has 1 N–H and O–H groups in total. The summed E-state index contributed by atoms with van der Waals surface area (Å²) >= 11 is 5.73. The van der Waals surface area contributed by atoms with Gasteiger partial charge < -0.3 is 5.32 Å². The number of carbonyl (C=O) groups is 1. The molecule has 86 valence electrons. The lowest BCUT2D eigenvalue weighted by atomic mass is 10.3. The second-order valence-electron chi connectivity index (χ2n) is 3.16. The molecule has 0 unspecified atom stereocenters. The van der Waals surface area contributed by atoms with Gasteiger partial charge in [-0.25, -0.2) is 9.97 Å². The molecule has 0 atom stereocenters. The zero-order chi connectivity index (χ0) is 12.3. The first kappa shape index (κ1) is 11.5. The molecule has 6 heteroatoms. The summed E-state index contributed by atoms with van der Waals surface area (Å²) in [5.41, 5.74) is -0.0215. The molecule has 0 aliphatic carbocycles. The zero-order valence-corrected chi connectivity index (χ0v) is 9.28. The van der Waals surface area contributed by atoms with Crippen LogP contribution in [0.15, 0.2) is 36.5 Å². The lowest BCUT2D eigenvalue weighted by Crippen LogP contribution is -2.14. The Bertz CT molecular complexity index is 562. The number of anilines is 1. The van der Waals surface area contributed by atoms with E-state index in [1.807, 2.05) is 0 Å². The Morgan fingerprint density at radius 1 is 1.35 bits per heavy atom. The van der Waals surface area contributed by atoms with Gasteiger partial charge in [-0.15, -0.1) is 0 Å². The maximum Gasteiger partial charge on any atom is 0.275 e. The average Bonchev–Trinajstić information content (AvgIpc) is 2.29. The highest BCUT2D eigenvalue weighted by molar-refractivity contribution is 6.30. The van der Waals surface area contributed by atoms with Crippen LogP contribution in [0.2, 0.25) is 5.02 Å². The predicted molar refractivity (Wildman–Crippen MR) is 61.4 cm³/mol. The number of halogens is 2. The molecule has 0 fully saturated rings. The third-order valence-electron chi connectivity index (χ3n) is 1.91. The first-order valence-corrected chi connectivity index (χ1v) is 5.08. The number of hydrogen-bond donors (Lipinski definition) is 1. The van der Waals surface area contributed by atoms with E-state index in [2.05, 4.69) is 15.3 Å². The van der Waals surface area contributed by atoms with Crippen molar-refractivity contribution in [2.24, 2.45) is 0 Å². The highest BCUT2D eigenvalue weighted by Crippen LogP contribution is 2.12. The molecular weight excluding hydrogens is 245 g/mol. The third kappa shape index (κ3) is 2.98. The van der Waals surface area contributed by atoms with Crippen LogP contribution in [0, 0.1) is 5.95 Å². The maximum absolute atomic E-state index is 12.8. The number of aromatic nitrogens is 2. The first-order valence-electron chi connectivity index (χ1n) is 4.70. The molecule has 0 saturated carbocycles. The lowest BCUT2D eigenvalue weighted by Gasteiger charge is -2.03. The largest absolute Gasteiger partial charge is 0.305 e. The quantitative estimate of drug-likeness (QED) is 0.835. The van der Waals surface area contributed by atoms with Crippen LogP contribution in [0.3, 0.4) is 0 Å². The number of carbonyl (C=O) groups excluding carboxylic acids is 1. The van der Waals surface area contributed by atoms with E-state index in [4.69, 9.17) is 11.6 Å². The van der Waals surface area contributed by atoms with Crippen molar-refractivity contribution in [3.05, 3.63) is 53.2 Å². The van der Waals surface area contributed by atoms with Gasteiger partial charge in [0.25, 0.3) is 5.91 Å². The van der Waals surface area contributed by atoms with E-state index in [1.165, 1.54) is 24.4 Å². The molecule has 17 heavy (non-hydrogen) atoms. The summed E-state index contributed by atoms with van der Waals surface area (Å²) in [6, 6.07) is 7.04. The Labute approximate surface area is 101 Å². The fourth-order valence-electron chi connectivity index (χ4n) is 1.19. The van der Waals surface area contributed by atoms with Crippen LogP contribution in [-0.2, 0) is 0 Å². The lowest BCUT2D eigenvalue weighted by molar-refractivity contribution is 0.102. The van der Waals surface area contributed by atoms with Crippen molar-refractivity contribution in [3.63, 3.8) is 0 Å². The third-order valence-corrected chi connectivity index (χ3v) is 2.15. The summed E-state index contributed by atoms with van der Waals surface area (Å²) in [5.74, 6) is -0.968. The highest BCUT2D eigenvalue weighted by Gasteiger charge is 2.09. The molecule has 0 aliphatic rings. The summed E-state index contributed by atoms with van der Waals surface area (Å²) in [7, 11) is 0. The molecule has 0 aromatic carbocycles. The summed E-state index contributed by atoms with van der Waals surface area (Å²) in [6.07, 6.45) is 1.46. The minimum Gasteiger partial charge on any atom is -0.305 e. The van der Waals surface area contributed by atoms with Gasteiger partial charge in [-0.1, -0.05) is 17.7 Å². The summed E-state index contributed by atoms with van der Waals surface area (Å²) in [4.78, 5) is 19.0. The van der Waals surface area contributed by atoms with E-state index in [1.54, 1.807) is 6.07 Å². The van der Waals surface area contributed by atoms with Crippen molar-refractivity contribution in [1.82, 2.24) is 9.97 Å². The van der Waals surface area contributed by atoms with E-state index >= 15 is 0 Å². The topological polar surface area (TPSA) is 54.9 Å². The maximum atomic E-state index is 12.8. The SMILES string of the molecule is O=C(Nc1cc(Cl)ccn1)c1cccc(F)n1. The molecule has 2 aromatic rings. The number of pyridine rings is 2. The molecular formula is C11H7ClFN3O. The fraction of sp³-hybridized carbons (Fsp3) is 0. The Balaban J connectivity index is 2.17. The number of nitrogens with one attached hydrogen (secondary N) is 1. The molecule has 0 spiro atoms. The molecule has 4 nitrogen and oxygen atoms in total. The number of amides is 1. The second-order valence-corrected chi connectivity index (χ2v) is 3.60. The predicted octanol–water partition coefficient (Wildman–Crippen LogP) is 2.52. The summed E-state index contributed by atoms with van der Waals surface area (Å²) in [6.45, 7) is 0. The van der Waals surface area contributed by atoms with Crippen molar-refractivity contribution in [3.8, 4) is 0 Å². The van der Waals surface area contributed by atoms with E-state index in [-0.39, 0.29) is 11.5 Å². The Morgan fingerprint density at radius 2 is 2.18 bits per heavy atom. The van der Waals surface area contributed by atoms with Crippen LogP contribution in [0.1, 0.15) is 10.5 Å². The van der Waals surface area contributed by atoms with E-state index in [0.717, 1.165) is 6.07 Å². The molecule has 2 rings (SSSR count). The van der Waals surface area contributed by atoms with Crippen LogP contribution in [0.25, 0.3) is 0 Å². The average molecular weight is 252 g/mol. The fourth-order valence-corrected chi connectivity index (χ4v) is 1.35. The molecule has 2 aromatic heterocycles. The molecule has 0 bridgehead atoms.